The number of ether oxygens (including phenoxy) is 1. The monoisotopic (exact) mass is 207 g/mol. The number of nitrogens with one attached hydrogen (secondary N) is 1. The SMILES string of the molecule is CCCCOC(=O)Nc1cccc(C)c1. The van der Waals surface area contributed by atoms with Crippen LogP contribution in [0.3, 0.4) is 0 Å². The highest BCUT2D eigenvalue weighted by molar-refractivity contribution is 5.84. The number of aryl methyl sites for hydroxylation is 1. The van der Waals surface area contributed by atoms with Crippen LogP contribution in [0, 0.1) is 6.92 Å². The van der Waals surface area contributed by atoms with Crippen LogP contribution in [0.4, 0.5) is 10.5 Å². The van der Waals surface area contributed by atoms with Crippen molar-refractivity contribution in [2.24, 2.45) is 0 Å². The molecule has 0 aliphatic rings. The Balaban J connectivity index is 2.37. The fourth-order valence-corrected chi connectivity index (χ4v) is 1.19. The molecule has 1 amide bonds. The van der Waals surface area contributed by atoms with Gasteiger partial charge in [-0.15, -0.1) is 0 Å². The van der Waals surface area contributed by atoms with Crippen molar-refractivity contribution >= 4 is 11.8 Å². The Kier molecular flexibility index (Phi) is 4.68. The van der Waals surface area contributed by atoms with Gasteiger partial charge < -0.3 is 4.74 Å². The Morgan fingerprint density at radius 2 is 2.27 bits per heavy atom. The topological polar surface area (TPSA) is 38.3 Å². The average molecular weight is 207 g/mol. The molecule has 0 unspecified atom stereocenters. The predicted molar refractivity (Wildman–Crippen MR) is 61.1 cm³/mol. The van der Waals surface area contributed by atoms with Gasteiger partial charge in [-0.2, -0.15) is 0 Å². The van der Waals surface area contributed by atoms with Crippen molar-refractivity contribution in [1.82, 2.24) is 0 Å². The second-order valence-corrected chi connectivity index (χ2v) is 3.48. The Morgan fingerprint density at radius 1 is 1.47 bits per heavy atom. The molecular weight excluding hydrogens is 190 g/mol. The number of hydrogen-bond acceptors (Lipinski definition) is 2. The van der Waals surface area contributed by atoms with Crippen LogP contribution in [-0.2, 0) is 4.74 Å². The molecule has 3 nitrogen and oxygen atoms in total. The lowest BCUT2D eigenvalue weighted by Crippen LogP contribution is -2.14. The van der Waals surface area contributed by atoms with Gasteiger partial charge in [-0.1, -0.05) is 25.5 Å². The highest BCUT2D eigenvalue weighted by atomic mass is 16.5. The molecule has 1 N–H and O–H groups in total. The van der Waals surface area contributed by atoms with E-state index in [2.05, 4.69) is 12.2 Å². The minimum Gasteiger partial charge on any atom is -0.449 e. The number of carbonyl (C=O) groups excluding carboxylic acids is 1. The Bertz CT molecular complexity index is 323. The van der Waals surface area contributed by atoms with E-state index in [9.17, 15) is 4.79 Å². The van der Waals surface area contributed by atoms with Crippen molar-refractivity contribution in [2.75, 3.05) is 11.9 Å². The van der Waals surface area contributed by atoms with Crippen molar-refractivity contribution in [1.29, 1.82) is 0 Å². The third-order valence-electron chi connectivity index (χ3n) is 2.00. The van der Waals surface area contributed by atoms with Crippen LogP contribution in [-0.4, -0.2) is 12.7 Å². The van der Waals surface area contributed by atoms with Crippen LogP contribution < -0.4 is 5.32 Å². The van der Waals surface area contributed by atoms with E-state index in [0.29, 0.717) is 6.61 Å². The lowest BCUT2D eigenvalue weighted by molar-refractivity contribution is 0.160. The van der Waals surface area contributed by atoms with Crippen LogP contribution in [0.2, 0.25) is 0 Å². The number of hydrogen-bond donors (Lipinski definition) is 1. The highest BCUT2D eigenvalue weighted by Gasteiger charge is 2.01. The van der Waals surface area contributed by atoms with E-state index in [1.807, 2.05) is 31.2 Å². The minimum atomic E-state index is -0.381. The van der Waals surface area contributed by atoms with E-state index in [1.54, 1.807) is 0 Å². The fourth-order valence-electron chi connectivity index (χ4n) is 1.19. The molecule has 0 spiro atoms. The zero-order valence-electron chi connectivity index (χ0n) is 9.25. The second-order valence-electron chi connectivity index (χ2n) is 3.48. The molecule has 0 aromatic heterocycles. The summed E-state index contributed by atoms with van der Waals surface area (Å²) in [5.74, 6) is 0. The van der Waals surface area contributed by atoms with E-state index in [1.165, 1.54) is 0 Å². The van der Waals surface area contributed by atoms with Gasteiger partial charge in [0, 0.05) is 5.69 Å². The van der Waals surface area contributed by atoms with Crippen molar-refractivity contribution in [3.63, 3.8) is 0 Å². The summed E-state index contributed by atoms with van der Waals surface area (Å²) in [6, 6.07) is 7.62. The quantitative estimate of drug-likeness (QED) is 0.769. The third-order valence-corrected chi connectivity index (χ3v) is 2.00. The first-order valence-corrected chi connectivity index (χ1v) is 5.23. The molecule has 3 heteroatoms. The van der Waals surface area contributed by atoms with Gasteiger partial charge in [0.25, 0.3) is 0 Å². The van der Waals surface area contributed by atoms with Crippen LogP contribution in [0.5, 0.6) is 0 Å². The van der Waals surface area contributed by atoms with Crippen LogP contribution in [0.25, 0.3) is 0 Å². The van der Waals surface area contributed by atoms with Crippen LogP contribution >= 0.6 is 0 Å². The van der Waals surface area contributed by atoms with Gasteiger partial charge in [0.1, 0.15) is 0 Å². The van der Waals surface area contributed by atoms with Gasteiger partial charge in [0.05, 0.1) is 6.61 Å². The van der Waals surface area contributed by atoms with Crippen LogP contribution in [0.15, 0.2) is 24.3 Å². The van der Waals surface area contributed by atoms with Crippen molar-refractivity contribution in [3.05, 3.63) is 29.8 Å². The second kappa shape index (κ2) is 6.06. The standard InChI is InChI=1S/C12H17NO2/c1-3-4-8-15-12(14)13-11-7-5-6-10(2)9-11/h5-7,9H,3-4,8H2,1-2H3,(H,13,14). The molecule has 82 valence electrons. The maximum Gasteiger partial charge on any atom is 0.411 e. The molecular formula is C12H17NO2. The average Bonchev–Trinajstić information content (AvgIpc) is 2.18. The number of rotatable bonds is 4. The largest absolute Gasteiger partial charge is 0.449 e. The van der Waals surface area contributed by atoms with Gasteiger partial charge in [-0.05, 0) is 31.0 Å². The molecule has 0 saturated carbocycles. The summed E-state index contributed by atoms with van der Waals surface area (Å²) in [4.78, 5) is 11.3. The van der Waals surface area contributed by atoms with Gasteiger partial charge in [-0.3, -0.25) is 5.32 Å². The van der Waals surface area contributed by atoms with E-state index < -0.39 is 0 Å². The van der Waals surface area contributed by atoms with Gasteiger partial charge in [-0.25, -0.2) is 4.79 Å². The van der Waals surface area contributed by atoms with E-state index in [4.69, 9.17) is 4.74 Å². The summed E-state index contributed by atoms with van der Waals surface area (Å²) in [5.41, 5.74) is 1.89. The highest BCUT2D eigenvalue weighted by Crippen LogP contribution is 2.09. The normalized spacial score (nSPS) is 9.73. The molecule has 0 aliphatic carbocycles. The van der Waals surface area contributed by atoms with E-state index >= 15 is 0 Å². The lowest BCUT2D eigenvalue weighted by atomic mass is 10.2. The summed E-state index contributed by atoms with van der Waals surface area (Å²) in [7, 11) is 0. The van der Waals surface area contributed by atoms with Gasteiger partial charge in [0.2, 0.25) is 0 Å². The zero-order valence-corrected chi connectivity index (χ0v) is 9.25. The maximum atomic E-state index is 11.3. The zero-order chi connectivity index (χ0) is 11.1. The summed E-state index contributed by atoms with van der Waals surface area (Å²) in [5, 5.41) is 2.68. The molecule has 0 aliphatic heterocycles. The molecule has 0 radical (unpaired) electrons. The first-order chi connectivity index (χ1) is 7.22. The molecule has 1 aromatic carbocycles. The summed E-state index contributed by atoms with van der Waals surface area (Å²) in [6.45, 7) is 4.52. The predicted octanol–water partition coefficient (Wildman–Crippen LogP) is 3.34. The van der Waals surface area contributed by atoms with Crippen molar-refractivity contribution < 1.29 is 9.53 Å². The number of benzene rings is 1. The van der Waals surface area contributed by atoms with E-state index in [-0.39, 0.29) is 6.09 Å². The Morgan fingerprint density at radius 3 is 2.93 bits per heavy atom. The van der Waals surface area contributed by atoms with E-state index in [0.717, 1.165) is 24.1 Å². The number of unbranched alkanes of at least 4 members (excludes halogenated alkanes) is 1. The number of amides is 1. The summed E-state index contributed by atoms with van der Waals surface area (Å²) in [6.07, 6.45) is 1.55. The first-order valence-electron chi connectivity index (χ1n) is 5.23. The third kappa shape index (κ3) is 4.49. The van der Waals surface area contributed by atoms with Crippen molar-refractivity contribution in [2.45, 2.75) is 26.7 Å². The van der Waals surface area contributed by atoms with Crippen molar-refractivity contribution in [3.8, 4) is 0 Å². The molecule has 0 saturated heterocycles. The fraction of sp³-hybridized carbons (Fsp3) is 0.417. The Hall–Kier alpha value is -1.51. The lowest BCUT2D eigenvalue weighted by Gasteiger charge is -2.06. The molecule has 15 heavy (non-hydrogen) atoms. The Labute approximate surface area is 90.4 Å². The summed E-state index contributed by atoms with van der Waals surface area (Å²) < 4.78 is 4.98. The molecule has 1 rings (SSSR count). The molecule has 1 aromatic rings. The summed E-state index contributed by atoms with van der Waals surface area (Å²) >= 11 is 0. The first kappa shape index (κ1) is 11.6. The number of anilines is 1. The molecule has 0 atom stereocenters. The minimum absolute atomic E-state index is 0.381. The smallest absolute Gasteiger partial charge is 0.411 e. The van der Waals surface area contributed by atoms with Gasteiger partial charge in [0.15, 0.2) is 0 Å². The molecule has 0 fully saturated rings. The molecule has 0 heterocycles. The molecule has 0 bridgehead atoms. The van der Waals surface area contributed by atoms with Gasteiger partial charge >= 0.3 is 6.09 Å². The number of carbonyl (C=O) groups is 1. The maximum absolute atomic E-state index is 11.3. The van der Waals surface area contributed by atoms with Crippen LogP contribution in [0.1, 0.15) is 25.3 Å².